The highest BCUT2D eigenvalue weighted by atomic mass is 16.5. The van der Waals surface area contributed by atoms with Gasteiger partial charge in [-0.05, 0) is 66.6 Å². The number of esters is 1. The maximum absolute atomic E-state index is 12.8. The SMILES string of the molecule is CC1(C)[C@@H]2CC[C@@]1(C)[C@@H](OCC[N+](C)(C)CC(=O)O[C@H]1C[C@@H]3CC[C@@]1(C)C3(C)C)C2. The van der Waals surface area contributed by atoms with Crippen LogP contribution in [0.1, 0.15) is 80.1 Å². The van der Waals surface area contributed by atoms with E-state index in [2.05, 4.69) is 55.6 Å². The van der Waals surface area contributed by atoms with Gasteiger partial charge in [0.2, 0.25) is 0 Å². The fourth-order valence-corrected chi connectivity index (χ4v) is 7.76. The molecule has 172 valence electrons. The summed E-state index contributed by atoms with van der Waals surface area (Å²) >= 11 is 0. The van der Waals surface area contributed by atoms with E-state index in [-0.39, 0.29) is 22.9 Å². The molecule has 0 unspecified atom stereocenters. The molecule has 4 nitrogen and oxygen atoms in total. The van der Waals surface area contributed by atoms with E-state index in [0.29, 0.717) is 33.9 Å². The monoisotopic (exact) mass is 420 g/mol. The fraction of sp³-hybridized carbons (Fsp3) is 0.962. The van der Waals surface area contributed by atoms with Crippen LogP contribution >= 0.6 is 0 Å². The summed E-state index contributed by atoms with van der Waals surface area (Å²) in [6.45, 7) is 16.4. The molecule has 4 heteroatoms. The number of rotatable bonds is 7. The lowest BCUT2D eigenvalue weighted by Crippen LogP contribution is -2.49. The van der Waals surface area contributed by atoms with Crippen LogP contribution in [0.4, 0.5) is 0 Å². The Morgan fingerprint density at radius 2 is 1.37 bits per heavy atom. The van der Waals surface area contributed by atoms with Crippen LogP contribution in [-0.4, -0.2) is 56.5 Å². The molecule has 0 saturated heterocycles. The quantitative estimate of drug-likeness (QED) is 0.427. The summed E-state index contributed by atoms with van der Waals surface area (Å²) in [7, 11) is 4.26. The molecule has 0 heterocycles. The van der Waals surface area contributed by atoms with Crippen molar-refractivity contribution < 1.29 is 18.8 Å². The number of carbonyl (C=O) groups is 1. The van der Waals surface area contributed by atoms with Crippen molar-refractivity contribution in [3.63, 3.8) is 0 Å². The summed E-state index contributed by atoms with van der Waals surface area (Å²) in [5.74, 6) is 1.46. The number of hydrogen-bond acceptors (Lipinski definition) is 3. The number of fused-ring (bicyclic) bond motifs is 4. The molecule has 0 aromatic heterocycles. The van der Waals surface area contributed by atoms with E-state index in [0.717, 1.165) is 25.5 Å². The van der Waals surface area contributed by atoms with Crippen molar-refractivity contribution in [2.24, 2.45) is 33.5 Å². The average Bonchev–Trinajstić information content (AvgIpc) is 3.13. The van der Waals surface area contributed by atoms with Gasteiger partial charge in [0.15, 0.2) is 6.54 Å². The van der Waals surface area contributed by atoms with Crippen molar-refractivity contribution in [2.75, 3.05) is 33.8 Å². The van der Waals surface area contributed by atoms with Gasteiger partial charge in [-0.3, -0.25) is 0 Å². The second kappa shape index (κ2) is 6.94. The standard InChI is InChI=1S/C26H46NO3/c1-23(2)18-9-11-25(23,5)20(15-18)29-14-13-27(7,8)17-22(28)30-21-16-19-10-12-26(21,6)24(19,3)4/h18-21H,9-17H2,1-8H3/q+1/t18-,19+,20+,21+,25+,26-/m1/s1. The first-order valence-electron chi connectivity index (χ1n) is 12.4. The molecular weight excluding hydrogens is 374 g/mol. The van der Waals surface area contributed by atoms with Gasteiger partial charge >= 0.3 is 5.97 Å². The molecule has 4 saturated carbocycles. The summed E-state index contributed by atoms with van der Waals surface area (Å²) in [4.78, 5) is 12.8. The van der Waals surface area contributed by atoms with Crippen molar-refractivity contribution in [1.82, 2.24) is 0 Å². The molecule has 0 spiro atoms. The number of likely N-dealkylation sites (N-methyl/N-ethyl adjacent to an activating group) is 1. The minimum atomic E-state index is -0.0393. The molecule has 30 heavy (non-hydrogen) atoms. The van der Waals surface area contributed by atoms with Crippen LogP contribution in [0.2, 0.25) is 0 Å². The van der Waals surface area contributed by atoms with Crippen molar-refractivity contribution in [3.8, 4) is 0 Å². The highest BCUT2D eigenvalue weighted by Crippen LogP contribution is 2.67. The first-order chi connectivity index (χ1) is 13.7. The molecule has 0 aliphatic heterocycles. The van der Waals surface area contributed by atoms with Crippen molar-refractivity contribution in [2.45, 2.75) is 92.3 Å². The van der Waals surface area contributed by atoms with E-state index in [1.54, 1.807) is 0 Å². The lowest BCUT2D eigenvalue weighted by Gasteiger charge is -2.40. The molecule has 0 radical (unpaired) electrons. The van der Waals surface area contributed by atoms with Crippen LogP contribution in [0.3, 0.4) is 0 Å². The van der Waals surface area contributed by atoms with Gasteiger partial charge in [0.05, 0.1) is 26.8 Å². The predicted octanol–water partition coefficient (Wildman–Crippen LogP) is 5.05. The lowest BCUT2D eigenvalue weighted by molar-refractivity contribution is -0.883. The topological polar surface area (TPSA) is 35.5 Å². The van der Waals surface area contributed by atoms with Crippen LogP contribution in [0, 0.1) is 33.5 Å². The number of hydrogen-bond donors (Lipinski definition) is 0. The summed E-state index contributed by atoms with van der Waals surface area (Å²) in [5.41, 5.74) is 1.10. The maximum Gasteiger partial charge on any atom is 0.362 e. The number of carbonyl (C=O) groups excluding carboxylic acids is 1. The fourth-order valence-electron chi connectivity index (χ4n) is 7.76. The molecule has 0 amide bonds. The molecule has 0 N–H and O–H groups in total. The van der Waals surface area contributed by atoms with Gasteiger partial charge in [0.25, 0.3) is 0 Å². The minimum absolute atomic E-state index is 0.0393. The van der Waals surface area contributed by atoms with E-state index in [1.165, 1.54) is 32.1 Å². The highest BCUT2D eigenvalue weighted by molar-refractivity contribution is 5.71. The third-order valence-corrected chi connectivity index (χ3v) is 11.3. The molecule has 4 aliphatic carbocycles. The highest BCUT2D eigenvalue weighted by Gasteiger charge is 2.63. The molecule has 4 bridgehead atoms. The zero-order valence-electron chi connectivity index (χ0n) is 20.8. The summed E-state index contributed by atoms with van der Waals surface area (Å²) in [6.07, 6.45) is 7.83. The number of nitrogens with zero attached hydrogens (tertiary/aromatic N) is 1. The molecule has 6 atom stereocenters. The molecular formula is C26H46NO3+. The van der Waals surface area contributed by atoms with Gasteiger partial charge in [0.1, 0.15) is 12.6 Å². The van der Waals surface area contributed by atoms with Crippen LogP contribution in [0.25, 0.3) is 0 Å². The summed E-state index contributed by atoms with van der Waals surface area (Å²) in [6, 6.07) is 0. The van der Waals surface area contributed by atoms with Gasteiger partial charge in [-0.15, -0.1) is 0 Å². The number of ether oxygens (including phenoxy) is 2. The Labute approximate surface area is 184 Å². The number of quaternary nitrogens is 1. The van der Waals surface area contributed by atoms with Gasteiger partial charge in [-0.1, -0.05) is 41.5 Å². The Balaban J connectivity index is 1.26. The Hall–Kier alpha value is -0.610. The van der Waals surface area contributed by atoms with E-state index in [4.69, 9.17) is 9.47 Å². The first-order valence-corrected chi connectivity index (χ1v) is 12.4. The maximum atomic E-state index is 12.8. The van der Waals surface area contributed by atoms with Gasteiger partial charge < -0.3 is 14.0 Å². The zero-order valence-corrected chi connectivity index (χ0v) is 20.8. The van der Waals surface area contributed by atoms with Crippen molar-refractivity contribution >= 4 is 5.97 Å². The molecule has 4 aliphatic rings. The van der Waals surface area contributed by atoms with Crippen LogP contribution in [0.5, 0.6) is 0 Å². The minimum Gasteiger partial charge on any atom is -0.458 e. The Morgan fingerprint density at radius 3 is 1.80 bits per heavy atom. The second-order valence-electron chi connectivity index (χ2n) is 13.4. The van der Waals surface area contributed by atoms with Gasteiger partial charge in [-0.25, -0.2) is 4.79 Å². The van der Waals surface area contributed by atoms with E-state index < -0.39 is 0 Å². The zero-order chi connectivity index (χ0) is 22.2. The molecule has 4 fully saturated rings. The molecule has 0 aromatic carbocycles. The van der Waals surface area contributed by atoms with Crippen LogP contribution < -0.4 is 0 Å². The van der Waals surface area contributed by atoms with Crippen molar-refractivity contribution in [1.29, 1.82) is 0 Å². The second-order valence-corrected chi connectivity index (χ2v) is 13.4. The van der Waals surface area contributed by atoms with E-state index in [9.17, 15) is 4.79 Å². The van der Waals surface area contributed by atoms with Crippen LogP contribution in [-0.2, 0) is 14.3 Å². The van der Waals surface area contributed by atoms with Crippen LogP contribution in [0.15, 0.2) is 0 Å². The average molecular weight is 421 g/mol. The summed E-state index contributed by atoms with van der Waals surface area (Å²) in [5, 5.41) is 0. The van der Waals surface area contributed by atoms with E-state index in [1.807, 2.05) is 0 Å². The van der Waals surface area contributed by atoms with Gasteiger partial charge in [0, 0.05) is 5.41 Å². The van der Waals surface area contributed by atoms with E-state index >= 15 is 0 Å². The van der Waals surface area contributed by atoms with Crippen molar-refractivity contribution in [3.05, 3.63) is 0 Å². The third-order valence-electron chi connectivity index (χ3n) is 11.3. The Bertz CT molecular complexity index is 698. The third kappa shape index (κ3) is 3.18. The normalized spacial score (nSPS) is 43.3. The predicted molar refractivity (Wildman–Crippen MR) is 120 cm³/mol. The molecule has 4 rings (SSSR count). The summed E-state index contributed by atoms with van der Waals surface area (Å²) < 4.78 is 13.2. The first kappa shape index (κ1) is 22.6. The molecule has 0 aromatic rings. The van der Waals surface area contributed by atoms with Gasteiger partial charge in [-0.2, -0.15) is 0 Å². The largest absolute Gasteiger partial charge is 0.458 e. The Morgan fingerprint density at radius 1 is 0.867 bits per heavy atom. The lowest BCUT2D eigenvalue weighted by atomic mass is 9.70. The Kier molecular flexibility index (Phi) is 5.22. The smallest absolute Gasteiger partial charge is 0.362 e.